The number of ether oxygens (including phenoxy) is 1. The molecule has 2 saturated heterocycles. The largest absolute Gasteiger partial charge is 0.460 e. The van der Waals surface area contributed by atoms with E-state index in [0.29, 0.717) is 35.5 Å². The number of nitrogen functional groups attached to an aromatic ring is 1. The third kappa shape index (κ3) is 5.42. The van der Waals surface area contributed by atoms with Crippen molar-refractivity contribution < 1.29 is 18.7 Å². The van der Waals surface area contributed by atoms with Crippen LogP contribution in [0.25, 0.3) is 16.9 Å². The van der Waals surface area contributed by atoms with E-state index in [1.807, 2.05) is 4.90 Å². The molecule has 2 aliphatic heterocycles. The first-order valence-electron chi connectivity index (χ1n) is 13.2. The Morgan fingerprint density at radius 1 is 1.22 bits per heavy atom. The van der Waals surface area contributed by atoms with Gasteiger partial charge in [0.15, 0.2) is 5.65 Å². The van der Waals surface area contributed by atoms with Crippen molar-refractivity contribution in [2.24, 2.45) is 11.8 Å². The molecule has 3 unspecified atom stereocenters. The van der Waals surface area contributed by atoms with Gasteiger partial charge in [-0.2, -0.15) is 10.2 Å². The van der Waals surface area contributed by atoms with Crippen molar-refractivity contribution in [2.45, 2.75) is 19.8 Å². The van der Waals surface area contributed by atoms with E-state index in [1.54, 1.807) is 30.6 Å². The second-order valence-electron chi connectivity index (χ2n) is 10.6. The van der Waals surface area contributed by atoms with Crippen LogP contribution in [0.1, 0.15) is 17.3 Å². The van der Waals surface area contributed by atoms with Gasteiger partial charge in [-0.3, -0.25) is 14.3 Å². The molecule has 3 N–H and O–H groups in total. The SMILES string of the molecule is CC(F)Oc1ccc(Cl)cc1-c1nn(CC(=O)N2CC3CN(C)CC3C2)cc1NC(=O)c1cnn2ccc(N)nc12. The van der Waals surface area contributed by atoms with Gasteiger partial charge >= 0.3 is 0 Å². The normalized spacial score (nSPS) is 19.5. The van der Waals surface area contributed by atoms with Crippen molar-refractivity contribution in [3.8, 4) is 17.0 Å². The molecule has 3 aromatic heterocycles. The number of halogens is 2. The summed E-state index contributed by atoms with van der Waals surface area (Å²) in [6.45, 7) is 4.58. The highest BCUT2D eigenvalue weighted by Gasteiger charge is 2.40. The number of fused-ring (bicyclic) bond motifs is 2. The molecule has 0 saturated carbocycles. The smallest absolute Gasteiger partial charge is 0.261 e. The highest BCUT2D eigenvalue weighted by atomic mass is 35.5. The molecule has 5 heterocycles. The highest BCUT2D eigenvalue weighted by Crippen LogP contribution is 2.37. The molecule has 41 heavy (non-hydrogen) atoms. The van der Waals surface area contributed by atoms with Crippen molar-refractivity contribution in [1.29, 1.82) is 0 Å². The third-order valence-electron chi connectivity index (χ3n) is 7.45. The number of anilines is 2. The maximum Gasteiger partial charge on any atom is 0.261 e. The van der Waals surface area contributed by atoms with Crippen LogP contribution in [-0.4, -0.2) is 85.6 Å². The zero-order valence-electron chi connectivity index (χ0n) is 22.5. The molecule has 2 fully saturated rings. The number of benzene rings is 1. The van der Waals surface area contributed by atoms with Crippen LogP contribution >= 0.6 is 11.6 Å². The van der Waals surface area contributed by atoms with Crippen LogP contribution in [-0.2, 0) is 11.3 Å². The number of likely N-dealkylation sites (tertiary alicyclic amines) is 2. The molecule has 2 aliphatic rings. The maximum atomic E-state index is 13.9. The number of amides is 2. The lowest BCUT2D eigenvalue weighted by atomic mass is 10.0. The Bertz CT molecular complexity index is 1620. The summed E-state index contributed by atoms with van der Waals surface area (Å²) in [5, 5.41) is 12.0. The van der Waals surface area contributed by atoms with Crippen LogP contribution in [0.3, 0.4) is 0 Å². The van der Waals surface area contributed by atoms with E-state index in [4.69, 9.17) is 22.1 Å². The van der Waals surface area contributed by atoms with E-state index in [0.717, 1.165) is 13.1 Å². The first-order valence-corrected chi connectivity index (χ1v) is 13.6. The van der Waals surface area contributed by atoms with E-state index in [-0.39, 0.29) is 46.6 Å². The second-order valence-corrected chi connectivity index (χ2v) is 11.0. The Kier molecular flexibility index (Phi) is 6.99. The minimum Gasteiger partial charge on any atom is -0.460 e. The van der Waals surface area contributed by atoms with Gasteiger partial charge in [0, 0.05) is 56.1 Å². The summed E-state index contributed by atoms with van der Waals surface area (Å²) in [7, 11) is 2.10. The van der Waals surface area contributed by atoms with Crippen LogP contribution < -0.4 is 15.8 Å². The van der Waals surface area contributed by atoms with Gasteiger partial charge < -0.3 is 25.6 Å². The van der Waals surface area contributed by atoms with Crippen LogP contribution in [0.4, 0.5) is 15.9 Å². The topological polar surface area (TPSA) is 136 Å². The van der Waals surface area contributed by atoms with Crippen molar-refractivity contribution in [2.75, 3.05) is 44.3 Å². The quantitative estimate of drug-likeness (QED) is 0.340. The first-order chi connectivity index (χ1) is 19.6. The molecule has 214 valence electrons. The zero-order chi connectivity index (χ0) is 28.8. The van der Waals surface area contributed by atoms with Gasteiger partial charge in [0.2, 0.25) is 12.3 Å². The van der Waals surface area contributed by atoms with Crippen molar-refractivity contribution >= 4 is 40.6 Å². The van der Waals surface area contributed by atoms with Crippen LogP contribution in [0.2, 0.25) is 5.02 Å². The van der Waals surface area contributed by atoms with E-state index in [9.17, 15) is 14.0 Å². The van der Waals surface area contributed by atoms with E-state index in [1.165, 1.54) is 28.4 Å². The molecule has 0 radical (unpaired) electrons. The molecule has 0 bridgehead atoms. The van der Waals surface area contributed by atoms with Crippen molar-refractivity contribution in [3.05, 3.63) is 53.4 Å². The number of alkyl halides is 1. The van der Waals surface area contributed by atoms with Gasteiger partial charge in [0.05, 0.1) is 11.9 Å². The van der Waals surface area contributed by atoms with E-state index in [2.05, 4.69) is 32.4 Å². The lowest BCUT2D eigenvalue weighted by molar-refractivity contribution is -0.131. The molecule has 6 rings (SSSR count). The zero-order valence-corrected chi connectivity index (χ0v) is 23.3. The Hall–Kier alpha value is -4.23. The van der Waals surface area contributed by atoms with Gasteiger partial charge in [0.25, 0.3) is 5.91 Å². The molecule has 4 aromatic rings. The van der Waals surface area contributed by atoms with Crippen LogP contribution in [0.5, 0.6) is 5.75 Å². The molecule has 0 spiro atoms. The van der Waals surface area contributed by atoms with Gasteiger partial charge in [-0.05, 0) is 43.1 Å². The molecule has 0 aliphatic carbocycles. The lowest BCUT2D eigenvalue weighted by Gasteiger charge is -2.19. The Balaban J connectivity index is 1.33. The fourth-order valence-electron chi connectivity index (χ4n) is 5.66. The monoisotopic (exact) mass is 581 g/mol. The number of rotatable bonds is 7. The van der Waals surface area contributed by atoms with Gasteiger partial charge in [-0.25, -0.2) is 13.9 Å². The second kappa shape index (κ2) is 10.6. The summed E-state index contributed by atoms with van der Waals surface area (Å²) >= 11 is 6.29. The molecule has 12 nitrogen and oxygen atoms in total. The number of hydrogen-bond acceptors (Lipinski definition) is 8. The molecule has 2 amide bonds. The van der Waals surface area contributed by atoms with E-state index >= 15 is 0 Å². The van der Waals surface area contributed by atoms with Crippen molar-refractivity contribution in [3.63, 3.8) is 0 Å². The average Bonchev–Trinajstić information content (AvgIpc) is 3.67. The molecular formula is C27H29ClFN9O3. The average molecular weight is 582 g/mol. The lowest BCUT2D eigenvalue weighted by Crippen LogP contribution is -2.34. The van der Waals surface area contributed by atoms with Gasteiger partial charge in [-0.15, -0.1) is 0 Å². The minimum atomic E-state index is -1.61. The molecular weight excluding hydrogens is 553 g/mol. The predicted molar refractivity (Wildman–Crippen MR) is 150 cm³/mol. The summed E-state index contributed by atoms with van der Waals surface area (Å²) in [6.07, 6.45) is 2.93. The number of carbonyl (C=O) groups is 2. The number of hydrogen-bond donors (Lipinski definition) is 2. The fraction of sp³-hybridized carbons (Fsp3) is 0.370. The molecule has 14 heteroatoms. The number of nitrogens with zero attached hydrogens (tertiary/aromatic N) is 7. The number of nitrogens with one attached hydrogen (secondary N) is 1. The standard InChI is InChI=1S/C27H29ClFN9O3/c1-15(29)41-22-4-3-18(28)7-19(22)25-21(32-27(40)20-8-31-38-6-5-23(30)33-26(20)38)13-37(34-25)14-24(39)36-11-16-9-35(2)10-17(16)12-36/h3-8,13,15-17H,9-12,14H2,1-2H3,(H2,30,33)(H,32,40). The molecule has 1 aromatic carbocycles. The summed E-state index contributed by atoms with van der Waals surface area (Å²) < 4.78 is 22.2. The third-order valence-corrected chi connectivity index (χ3v) is 7.69. The van der Waals surface area contributed by atoms with Crippen molar-refractivity contribution in [1.82, 2.24) is 34.2 Å². The summed E-state index contributed by atoms with van der Waals surface area (Å²) in [5.74, 6) is 0.751. The number of nitrogens with two attached hydrogens (primary N) is 1. The Morgan fingerprint density at radius 2 is 1.98 bits per heavy atom. The highest BCUT2D eigenvalue weighted by molar-refractivity contribution is 6.31. The fourth-order valence-corrected chi connectivity index (χ4v) is 5.83. The Labute approximate surface area is 239 Å². The Morgan fingerprint density at radius 3 is 2.71 bits per heavy atom. The summed E-state index contributed by atoms with van der Waals surface area (Å²) in [4.78, 5) is 35.1. The summed E-state index contributed by atoms with van der Waals surface area (Å²) in [5.41, 5.74) is 7.15. The molecule has 3 atom stereocenters. The first kappa shape index (κ1) is 27.0. The van der Waals surface area contributed by atoms with E-state index < -0.39 is 12.3 Å². The predicted octanol–water partition coefficient (Wildman–Crippen LogP) is 2.79. The van der Waals surface area contributed by atoms with Gasteiger partial charge in [0.1, 0.15) is 29.4 Å². The maximum absolute atomic E-state index is 13.9. The number of carbonyl (C=O) groups excluding carboxylic acids is 2. The number of aromatic nitrogens is 5. The van der Waals surface area contributed by atoms with Crippen LogP contribution in [0, 0.1) is 11.8 Å². The van der Waals surface area contributed by atoms with Gasteiger partial charge in [-0.1, -0.05) is 11.6 Å². The van der Waals surface area contributed by atoms with Crippen LogP contribution in [0.15, 0.2) is 42.9 Å². The summed E-state index contributed by atoms with van der Waals surface area (Å²) in [6, 6.07) is 6.23. The minimum absolute atomic E-state index is 0.0385.